The lowest BCUT2D eigenvalue weighted by Crippen LogP contribution is -2.38. The van der Waals surface area contributed by atoms with Crippen molar-refractivity contribution in [1.82, 2.24) is 5.32 Å². The number of hydrogen-bond donors (Lipinski definition) is 1. The van der Waals surface area contributed by atoms with E-state index in [1.165, 1.54) is 77.2 Å². The molecule has 0 aliphatic heterocycles. The van der Waals surface area contributed by atoms with Crippen molar-refractivity contribution in [2.75, 3.05) is 6.54 Å². The van der Waals surface area contributed by atoms with E-state index in [9.17, 15) is 0 Å². The zero-order valence-electron chi connectivity index (χ0n) is 13.3. The summed E-state index contributed by atoms with van der Waals surface area (Å²) < 4.78 is 0. The van der Waals surface area contributed by atoms with Crippen molar-refractivity contribution in [1.29, 1.82) is 0 Å². The lowest BCUT2D eigenvalue weighted by molar-refractivity contribution is 0.180. The van der Waals surface area contributed by atoms with Gasteiger partial charge in [-0.3, -0.25) is 0 Å². The van der Waals surface area contributed by atoms with E-state index >= 15 is 0 Å². The SMILES string of the molecule is c1cc2c(cc1CC1(CNC3CC3)CCCCC1)CCC2. The first-order valence-corrected chi connectivity index (χ1v) is 9.17. The van der Waals surface area contributed by atoms with Crippen LogP contribution in [0.1, 0.15) is 68.1 Å². The Balaban J connectivity index is 1.49. The van der Waals surface area contributed by atoms with Crippen molar-refractivity contribution >= 4 is 0 Å². The zero-order valence-corrected chi connectivity index (χ0v) is 13.3. The summed E-state index contributed by atoms with van der Waals surface area (Å²) in [6.45, 7) is 1.26. The van der Waals surface area contributed by atoms with Crippen LogP contribution in [0.4, 0.5) is 0 Å². The Kier molecular flexibility index (Phi) is 3.79. The molecule has 1 aromatic carbocycles. The highest BCUT2D eigenvalue weighted by Crippen LogP contribution is 2.40. The summed E-state index contributed by atoms with van der Waals surface area (Å²) in [7, 11) is 0. The average Bonchev–Trinajstić information content (AvgIpc) is 3.23. The number of hydrogen-bond acceptors (Lipinski definition) is 1. The van der Waals surface area contributed by atoms with Crippen LogP contribution < -0.4 is 5.32 Å². The Bertz CT molecular complexity index is 495. The van der Waals surface area contributed by atoms with Crippen LogP contribution in [0.15, 0.2) is 18.2 Å². The van der Waals surface area contributed by atoms with Crippen LogP contribution in [-0.2, 0) is 19.3 Å². The van der Waals surface area contributed by atoms with Crippen LogP contribution in [0, 0.1) is 5.41 Å². The van der Waals surface area contributed by atoms with Crippen molar-refractivity contribution in [2.45, 2.75) is 76.7 Å². The Hall–Kier alpha value is -0.820. The summed E-state index contributed by atoms with van der Waals surface area (Å²) in [4.78, 5) is 0. The van der Waals surface area contributed by atoms with Gasteiger partial charge >= 0.3 is 0 Å². The fourth-order valence-corrected chi connectivity index (χ4v) is 4.53. The van der Waals surface area contributed by atoms with E-state index in [1.807, 2.05) is 0 Å². The molecule has 3 aliphatic rings. The molecular formula is C20H29N. The Morgan fingerprint density at radius 3 is 2.57 bits per heavy atom. The van der Waals surface area contributed by atoms with Crippen molar-refractivity contribution < 1.29 is 0 Å². The van der Waals surface area contributed by atoms with Gasteiger partial charge in [0.15, 0.2) is 0 Å². The third-order valence-electron chi connectivity index (χ3n) is 6.00. The van der Waals surface area contributed by atoms with Gasteiger partial charge in [-0.1, -0.05) is 37.5 Å². The largest absolute Gasteiger partial charge is 0.313 e. The number of fused-ring (bicyclic) bond motifs is 1. The quantitative estimate of drug-likeness (QED) is 0.843. The molecule has 0 radical (unpaired) electrons. The molecule has 1 aromatic rings. The van der Waals surface area contributed by atoms with E-state index in [2.05, 4.69) is 23.5 Å². The molecule has 114 valence electrons. The van der Waals surface area contributed by atoms with Crippen LogP contribution in [0.25, 0.3) is 0 Å². The molecule has 1 nitrogen and oxygen atoms in total. The number of benzene rings is 1. The molecule has 4 rings (SSSR count). The lowest BCUT2D eigenvalue weighted by Gasteiger charge is -2.38. The number of rotatable bonds is 5. The molecule has 0 heterocycles. The summed E-state index contributed by atoms with van der Waals surface area (Å²) in [5.74, 6) is 0. The first-order valence-electron chi connectivity index (χ1n) is 9.17. The molecule has 0 amide bonds. The van der Waals surface area contributed by atoms with Gasteiger partial charge in [-0.05, 0) is 73.5 Å². The molecule has 3 aliphatic carbocycles. The average molecular weight is 283 g/mol. The van der Waals surface area contributed by atoms with E-state index in [0.29, 0.717) is 5.41 Å². The van der Waals surface area contributed by atoms with Gasteiger partial charge in [0, 0.05) is 12.6 Å². The van der Waals surface area contributed by atoms with Gasteiger partial charge in [0.25, 0.3) is 0 Å². The zero-order chi connectivity index (χ0) is 14.1. The van der Waals surface area contributed by atoms with Crippen LogP contribution in [0.2, 0.25) is 0 Å². The Morgan fingerprint density at radius 1 is 0.952 bits per heavy atom. The van der Waals surface area contributed by atoms with Crippen molar-refractivity contribution in [3.05, 3.63) is 34.9 Å². The molecule has 0 atom stereocenters. The first-order chi connectivity index (χ1) is 10.3. The molecule has 0 saturated heterocycles. The fraction of sp³-hybridized carbons (Fsp3) is 0.700. The maximum absolute atomic E-state index is 3.84. The van der Waals surface area contributed by atoms with E-state index in [0.717, 1.165) is 6.04 Å². The summed E-state index contributed by atoms with van der Waals surface area (Å²) in [6.07, 6.45) is 15.3. The third kappa shape index (κ3) is 3.18. The van der Waals surface area contributed by atoms with Gasteiger partial charge in [-0.2, -0.15) is 0 Å². The Labute approximate surface area is 129 Å². The minimum Gasteiger partial charge on any atom is -0.313 e. The molecule has 0 aromatic heterocycles. The number of aryl methyl sites for hydroxylation is 2. The second kappa shape index (κ2) is 5.76. The molecule has 0 unspecified atom stereocenters. The monoisotopic (exact) mass is 283 g/mol. The third-order valence-corrected chi connectivity index (χ3v) is 6.00. The second-order valence-electron chi connectivity index (χ2n) is 7.85. The predicted molar refractivity (Wildman–Crippen MR) is 88.7 cm³/mol. The highest BCUT2D eigenvalue weighted by Gasteiger charge is 2.34. The van der Waals surface area contributed by atoms with Gasteiger partial charge in [0.05, 0.1) is 0 Å². The van der Waals surface area contributed by atoms with Crippen molar-refractivity contribution in [3.8, 4) is 0 Å². The van der Waals surface area contributed by atoms with Crippen LogP contribution >= 0.6 is 0 Å². The molecule has 1 heteroatoms. The normalized spacial score (nSPS) is 24.0. The molecule has 0 bridgehead atoms. The molecule has 0 spiro atoms. The topological polar surface area (TPSA) is 12.0 Å². The summed E-state index contributed by atoms with van der Waals surface area (Å²) in [5.41, 5.74) is 5.42. The molecule has 21 heavy (non-hydrogen) atoms. The van der Waals surface area contributed by atoms with Gasteiger partial charge < -0.3 is 5.32 Å². The van der Waals surface area contributed by atoms with Crippen LogP contribution in [-0.4, -0.2) is 12.6 Å². The van der Waals surface area contributed by atoms with Gasteiger partial charge in [0.2, 0.25) is 0 Å². The van der Waals surface area contributed by atoms with Crippen LogP contribution in [0.3, 0.4) is 0 Å². The number of nitrogens with one attached hydrogen (secondary N) is 1. The minimum atomic E-state index is 0.549. The second-order valence-corrected chi connectivity index (χ2v) is 7.85. The standard InChI is InChI=1S/C20H29N/c1-2-11-20(12-3-1,15-21-19-9-10-19)14-16-7-8-17-5-4-6-18(17)13-16/h7-8,13,19,21H,1-6,9-12,14-15H2. The van der Waals surface area contributed by atoms with E-state index in [4.69, 9.17) is 0 Å². The molecular weight excluding hydrogens is 254 g/mol. The highest BCUT2D eigenvalue weighted by molar-refractivity contribution is 5.35. The lowest BCUT2D eigenvalue weighted by atomic mass is 9.70. The van der Waals surface area contributed by atoms with E-state index in [1.54, 1.807) is 16.7 Å². The summed E-state index contributed by atoms with van der Waals surface area (Å²) in [6, 6.07) is 8.24. The fourth-order valence-electron chi connectivity index (χ4n) is 4.53. The maximum Gasteiger partial charge on any atom is 0.00684 e. The van der Waals surface area contributed by atoms with Gasteiger partial charge in [0.1, 0.15) is 0 Å². The predicted octanol–water partition coefficient (Wildman–Crippen LogP) is 4.42. The first kappa shape index (κ1) is 13.8. The smallest absolute Gasteiger partial charge is 0.00684 e. The van der Waals surface area contributed by atoms with Gasteiger partial charge in [-0.25, -0.2) is 0 Å². The maximum atomic E-state index is 3.84. The molecule has 2 fully saturated rings. The van der Waals surface area contributed by atoms with Crippen molar-refractivity contribution in [2.24, 2.45) is 5.41 Å². The summed E-state index contributed by atoms with van der Waals surface area (Å²) >= 11 is 0. The van der Waals surface area contributed by atoms with E-state index in [-0.39, 0.29) is 0 Å². The molecule has 2 saturated carbocycles. The van der Waals surface area contributed by atoms with Crippen molar-refractivity contribution in [3.63, 3.8) is 0 Å². The summed E-state index contributed by atoms with van der Waals surface area (Å²) in [5, 5.41) is 3.84. The van der Waals surface area contributed by atoms with E-state index < -0.39 is 0 Å². The minimum absolute atomic E-state index is 0.549. The van der Waals surface area contributed by atoms with Gasteiger partial charge in [-0.15, -0.1) is 0 Å². The highest BCUT2D eigenvalue weighted by atomic mass is 15.0. The Morgan fingerprint density at radius 2 is 1.76 bits per heavy atom. The molecule has 1 N–H and O–H groups in total. The van der Waals surface area contributed by atoms with Crippen LogP contribution in [0.5, 0.6) is 0 Å².